The van der Waals surface area contributed by atoms with Gasteiger partial charge in [0, 0.05) is 0 Å². The average molecular weight is 190 g/mol. The lowest BCUT2D eigenvalue weighted by molar-refractivity contribution is -0.140. The van der Waals surface area contributed by atoms with E-state index in [-0.39, 0.29) is 0 Å². The van der Waals surface area contributed by atoms with Crippen molar-refractivity contribution in [1.29, 1.82) is 0 Å². The van der Waals surface area contributed by atoms with Crippen LogP contribution >= 0.6 is 0 Å². The number of carbonyl (C=O) groups is 1. The van der Waals surface area contributed by atoms with E-state index in [0.717, 1.165) is 11.1 Å². The number of carboxylic acid groups (broad SMARTS) is 1. The average Bonchev–Trinajstić information content (AvgIpc) is 2.16. The molecule has 0 fully saturated rings. The molecule has 1 aromatic carbocycles. The standard InChI is InChI=1S/C12H14O2/c1-3-10(12(13)14)8-11-7-5-4-6-9(11)2/h3-7,10H,1,8H2,2H3,(H,13,14). The van der Waals surface area contributed by atoms with Crippen LogP contribution in [0.2, 0.25) is 0 Å². The van der Waals surface area contributed by atoms with Gasteiger partial charge in [-0.05, 0) is 24.5 Å². The van der Waals surface area contributed by atoms with Gasteiger partial charge in [-0.1, -0.05) is 30.3 Å². The first kappa shape index (κ1) is 10.5. The predicted octanol–water partition coefficient (Wildman–Crippen LogP) is 2.42. The summed E-state index contributed by atoms with van der Waals surface area (Å²) in [5.41, 5.74) is 2.19. The Labute approximate surface area is 83.9 Å². The second kappa shape index (κ2) is 4.61. The fraction of sp³-hybridized carbons (Fsp3) is 0.250. The number of benzene rings is 1. The first-order valence-electron chi connectivity index (χ1n) is 4.55. The van der Waals surface area contributed by atoms with Crippen LogP contribution in [0.5, 0.6) is 0 Å². The molecule has 1 aromatic rings. The molecule has 74 valence electrons. The van der Waals surface area contributed by atoms with Gasteiger partial charge in [-0.15, -0.1) is 6.58 Å². The maximum absolute atomic E-state index is 10.8. The highest BCUT2D eigenvalue weighted by Gasteiger charge is 2.14. The number of hydrogen-bond acceptors (Lipinski definition) is 1. The second-order valence-electron chi connectivity index (χ2n) is 3.31. The lowest BCUT2D eigenvalue weighted by Gasteiger charge is -2.09. The van der Waals surface area contributed by atoms with Crippen LogP contribution in [0.3, 0.4) is 0 Å². The maximum Gasteiger partial charge on any atom is 0.310 e. The third-order valence-corrected chi connectivity index (χ3v) is 2.30. The van der Waals surface area contributed by atoms with Gasteiger partial charge in [-0.2, -0.15) is 0 Å². The molecule has 0 bridgehead atoms. The molecule has 0 aliphatic rings. The summed E-state index contributed by atoms with van der Waals surface area (Å²) in [7, 11) is 0. The second-order valence-corrected chi connectivity index (χ2v) is 3.31. The van der Waals surface area contributed by atoms with Crippen LogP contribution in [0.1, 0.15) is 11.1 Å². The summed E-state index contributed by atoms with van der Waals surface area (Å²) in [6.45, 7) is 5.51. The van der Waals surface area contributed by atoms with Crippen LogP contribution in [-0.2, 0) is 11.2 Å². The highest BCUT2D eigenvalue weighted by atomic mass is 16.4. The number of aliphatic carboxylic acids is 1. The van der Waals surface area contributed by atoms with Gasteiger partial charge in [0.2, 0.25) is 0 Å². The largest absolute Gasteiger partial charge is 0.481 e. The van der Waals surface area contributed by atoms with Crippen molar-refractivity contribution in [3.05, 3.63) is 48.0 Å². The molecule has 1 atom stereocenters. The third-order valence-electron chi connectivity index (χ3n) is 2.30. The normalized spacial score (nSPS) is 12.1. The Hall–Kier alpha value is -1.57. The van der Waals surface area contributed by atoms with Gasteiger partial charge in [0.25, 0.3) is 0 Å². The van der Waals surface area contributed by atoms with Crippen LogP contribution < -0.4 is 0 Å². The molecule has 2 heteroatoms. The first-order chi connectivity index (χ1) is 6.65. The molecule has 2 nitrogen and oxygen atoms in total. The Bertz CT molecular complexity index is 342. The van der Waals surface area contributed by atoms with Gasteiger partial charge in [-0.3, -0.25) is 4.79 Å². The van der Waals surface area contributed by atoms with Gasteiger partial charge in [0.05, 0.1) is 5.92 Å². The maximum atomic E-state index is 10.8. The minimum atomic E-state index is -0.816. The molecule has 0 saturated heterocycles. The molecule has 0 aliphatic heterocycles. The molecule has 14 heavy (non-hydrogen) atoms. The summed E-state index contributed by atoms with van der Waals surface area (Å²) in [5, 5.41) is 8.85. The molecule has 0 radical (unpaired) electrons. The van der Waals surface area contributed by atoms with E-state index in [9.17, 15) is 4.79 Å². The Morgan fingerprint density at radius 1 is 1.57 bits per heavy atom. The lowest BCUT2D eigenvalue weighted by atomic mass is 9.96. The molecule has 0 saturated carbocycles. The summed E-state index contributed by atoms with van der Waals surface area (Å²) in [5.74, 6) is -1.31. The molecule has 0 spiro atoms. The Balaban J connectivity index is 2.82. The highest BCUT2D eigenvalue weighted by molar-refractivity contribution is 5.72. The summed E-state index contributed by atoms with van der Waals surface area (Å²) in [6, 6.07) is 7.80. The highest BCUT2D eigenvalue weighted by Crippen LogP contribution is 2.14. The van der Waals surface area contributed by atoms with Gasteiger partial charge >= 0.3 is 5.97 Å². The minimum Gasteiger partial charge on any atom is -0.481 e. The zero-order chi connectivity index (χ0) is 10.6. The Kier molecular flexibility index (Phi) is 3.46. The van der Waals surface area contributed by atoms with E-state index in [0.29, 0.717) is 6.42 Å². The summed E-state index contributed by atoms with van der Waals surface area (Å²) < 4.78 is 0. The molecule has 1 N–H and O–H groups in total. The van der Waals surface area contributed by atoms with Crippen LogP contribution in [0.25, 0.3) is 0 Å². The van der Waals surface area contributed by atoms with Crippen LogP contribution in [0.4, 0.5) is 0 Å². The monoisotopic (exact) mass is 190 g/mol. The molecular formula is C12H14O2. The van der Waals surface area contributed by atoms with Gasteiger partial charge in [0.1, 0.15) is 0 Å². The smallest absolute Gasteiger partial charge is 0.310 e. The van der Waals surface area contributed by atoms with E-state index in [1.807, 2.05) is 31.2 Å². The summed E-state index contributed by atoms with van der Waals surface area (Å²) in [4.78, 5) is 10.8. The molecule has 0 aliphatic carbocycles. The number of rotatable bonds is 4. The molecule has 0 aromatic heterocycles. The fourth-order valence-electron chi connectivity index (χ4n) is 1.35. The topological polar surface area (TPSA) is 37.3 Å². The van der Waals surface area contributed by atoms with E-state index >= 15 is 0 Å². The summed E-state index contributed by atoms with van der Waals surface area (Å²) in [6.07, 6.45) is 2.00. The third kappa shape index (κ3) is 2.46. The molecule has 0 amide bonds. The molecule has 1 unspecified atom stereocenters. The molecule has 0 heterocycles. The lowest BCUT2D eigenvalue weighted by Crippen LogP contribution is -2.14. The van der Waals surface area contributed by atoms with Crippen LogP contribution in [0.15, 0.2) is 36.9 Å². The zero-order valence-electron chi connectivity index (χ0n) is 8.23. The zero-order valence-corrected chi connectivity index (χ0v) is 8.23. The van der Waals surface area contributed by atoms with Crippen LogP contribution in [0, 0.1) is 12.8 Å². The number of hydrogen-bond donors (Lipinski definition) is 1. The Morgan fingerprint density at radius 2 is 2.21 bits per heavy atom. The number of aryl methyl sites for hydroxylation is 1. The molecule has 1 rings (SSSR count). The van der Waals surface area contributed by atoms with Crippen molar-refractivity contribution in [3.63, 3.8) is 0 Å². The van der Waals surface area contributed by atoms with Crippen LogP contribution in [-0.4, -0.2) is 11.1 Å². The minimum absolute atomic E-state index is 0.490. The van der Waals surface area contributed by atoms with E-state index in [1.165, 1.54) is 6.08 Å². The van der Waals surface area contributed by atoms with E-state index < -0.39 is 11.9 Å². The van der Waals surface area contributed by atoms with Crippen molar-refractivity contribution >= 4 is 5.97 Å². The van der Waals surface area contributed by atoms with Gasteiger partial charge < -0.3 is 5.11 Å². The van der Waals surface area contributed by atoms with Crippen molar-refractivity contribution < 1.29 is 9.90 Å². The quantitative estimate of drug-likeness (QED) is 0.740. The van der Waals surface area contributed by atoms with Crippen molar-refractivity contribution in [3.8, 4) is 0 Å². The number of carboxylic acids is 1. The summed E-state index contributed by atoms with van der Waals surface area (Å²) >= 11 is 0. The van der Waals surface area contributed by atoms with Gasteiger partial charge in [-0.25, -0.2) is 0 Å². The van der Waals surface area contributed by atoms with E-state index in [1.54, 1.807) is 0 Å². The molecular weight excluding hydrogens is 176 g/mol. The van der Waals surface area contributed by atoms with E-state index in [4.69, 9.17) is 5.11 Å². The Morgan fingerprint density at radius 3 is 2.71 bits per heavy atom. The first-order valence-corrected chi connectivity index (χ1v) is 4.55. The van der Waals surface area contributed by atoms with Crippen molar-refractivity contribution in [2.45, 2.75) is 13.3 Å². The fourth-order valence-corrected chi connectivity index (χ4v) is 1.35. The van der Waals surface area contributed by atoms with Crippen molar-refractivity contribution in [2.75, 3.05) is 0 Å². The SMILES string of the molecule is C=CC(Cc1ccccc1C)C(=O)O. The van der Waals surface area contributed by atoms with Gasteiger partial charge in [0.15, 0.2) is 0 Å². The van der Waals surface area contributed by atoms with Crippen molar-refractivity contribution in [2.24, 2.45) is 5.92 Å². The van der Waals surface area contributed by atoms with E-state index in [2.05, 4.69) is 6.58 Å². The predicted molar refractivity (Wildman–Crippen MR) is 56.2 cm³/mol. The van der Waals surface area contributed by atoms with Crippen molar-refractivity contribution in [1.82, 2.24) is 0 Å².